The van der Waals surface area contributed by atoms with E-state index >= 15 is 0 Å². The maximum atomic E-state index is 11.9. The van der Waals surface area contributed by atoms with Gasteiger partial charge in [0.05, 0.1) is 16.5 Å². The number of rotatable bonds is 4. The van der Waals surface area contributed by atoms with E-state index in [0.717, 1.165) is 31.6 Å². The van der Waals surface area contributed by atoms with Gasteiger partial charge in [-0.3, -0.25) is 0 Å². The van der Waals surface area contributed by atoms with E-state index in [9.17, 15) is 8.42 Å². The van der Waals surface area contributed by atoms with E-state index in [1.165, 1.54) is 19.1 Å². The predicted octanol–water partition coefficient (Wildman–Crippen LogP) is 2.70. The first kappa shape index (κ1) is 17.1. The van der Waals surface area contributed by atoms with Crippen LogP contribution in [0.2, 0.25) is 0 Å². The molecule has 2 rings (SSSR count). The second-order valence-corrected chi connectivity index (χ2v) is 7.81. The summed E-state index contributed by atoms with van der Waals surface area (Å²) >= 11 is 5.66. The summed E-state index contributed by atoms with van der Waals surface area (Å²) in [6.07, 6.45) is 5.95. The minimum atomic E-state index is -3.37. The number of halogens is 1. The van der Waals surface area contributed by atoms with E-state index in [1.54, 1.807) is 12.1 Å². The van der Waals surface area contributed by atoms with Crippen LogP contribution in [0.3, 0.4) is 0 Å². The molecule has 0 saturated carbocycles. The van der Waals surface area contributed by atoms with Crippen molar-refractivity contribution in [2.24, 2.45) is 10.7 Å². The molecule has 122 valence electrons. The van der Waals surface area contributed by atoms with Crippen LogP contribution in [0.25, 0.3) is 0 Å². The van der Waals surface area contributed by atoms with Crippen LogP contribution in [-0.2, 0) is 9.84 Å². The highest BCUT2D eigenvalue weighted by molar-refractivity contribution is 7.90. The molecule has 1 aromatic carbocycles. The minimum Gasteiger partial charge on any atom is -0.386 e. The van der Waals surface area contributed by atoms with E-state index in [4.69, 9.17) is 17.3 Å². The van der Waals surface area contributed by atoms with Gasteiger partial charge in [-0.05, 0) is 31.0 Å². The van der Waals surface area contributed by atoms with Gasteiger partial charge in [0.15, 0.2) is 9.84 Å². The van der Waals surface area contributed by atoms with Gasteiger partial charge in [0.25, 0.3) is 0 Å². The van der Waals surface area contributed by atoms with Gasteiger partial charge in [-0.1, -0.05) is 12.8 Å². The highest BCUT2D eigenvalue weighted by Crippen LogP contribution is 2.30. The molecule has 1 saturated heterocycles. The molecule has 22 heavy (non-hydrogen) atoms. The number of amidine groups is 1. The van der Waals surface area contributed by atoms with Crippen molar-refractivity contribution in [1.29, 1.82) is 0 Å². The fraction of sp³-hybridized carbons (Fsp3) is 0.533. The molecule has 5 nitrogen and oxygen atoms in total. The molecular weight excluding hydrogens is 322 g/mol. The Bertz CT molecular complexity index is 651. The van der Waals surface area contributed by atoms with Crippen LogP contribution >= 0.6 is 11.6 Å². The zero-order chi connectivity index (χ0) is 16.2. The zero-order valence-electron chi connectivity index (χ0n) is 12.8. The van der Waals surface area contributed by atoms with Crippen molar-refractivity contribution in [2.75, 3.05) is 30.1 Å². The average Bonchev–Trinajstić information content (AvgIpc) is 2.75. The molecule has 1 aromatic rings. The van der Waals surface area contributed by atoms with E-state index in [0.29, 0.717) is 5.69 Å². The first-order chi connectivity index (χ1) is 10.4. The van der Waals surface area contributed by atoms with Crippen molar-refractivity contribution in [2.45, 2.75) is 30.6 Å². The molecule has 1 heterocycles. The van der Waals surface area contributed by atoms with Crippen molar-refractivity contribution in [3.63, 3.8) is 0 Å². The van der Waals surface area contributed by atoms with Gasteiger partial charge < -0.3 is 10.6 Å². The minimum absolute atomic E-state index is 0.0666. The van der Waals surface area contributed by atoms with E-state index in [1.807, 2.05) is 6.07 Å². The molecule has 0 spiro atoms. The summed E-state index contributed by atoms with van der Waals surface area (Å²) < 4.78 is 23.8. The number of aliphatic imine (C=N–C) groups is 1. The molecular formula is C15H22ClN3O2S. The Balaban J connectivity index is 2.44. The molecule has 0 amide bonds. The molecule has 0 bridgehead atoms. The Morgan fingerprint density at radius 1 is 1.27 bits per heavy atom. The Morgan fingerprint density at radius 3 is 2.45 bits per heavy atom. The fourth-order valence-electron chi connectivity index (χ4n) is 2.62. The largest absolute Gasteiger partial charge is 0.386 e. The Hall–Kier alpha value is -1.27. The van der Waals surface area contributed by atoms with Gasteiger partial charge in [-0.25, -0.2) is 13.4 Å². The Morgan fingerprint density at radius 2 is 1.91 bits per heavy atom. The molecule has 0 aliphatic carbocycles. The number of alkyl halides is 1. The number of hydrogen-bond acceptors (Lipinski definition) is 4. The number of anilines is 1. The van der Waals surface area contributed by atoms with Gasteiger partial charge in [-0.15, -0.1) is 11.6 Å². The van der Waals surface area contributed by atoms with Gasteiger partial charge in [0.1, 0.15) is 5.84 Å². The first-order valence-electron chi connectivity index (χ1n) is 7.40. The lowest BCUT2D eigenvalue weighted by Crippen LogP contribution is -2.23. The van der Waals surface area contributed by atoms with Crippen molar-refractivity contribution < 1.29 is 8.42 Å². The van der Waals surface area contributed by atoms with Crippen LogP contribution in [0.5, 0.6) is 0 Å². The fourth-order valence-corrected chi connectivity index (χ4v) is 3.48. The summed E-state index contributed by atoms with van der Waals surface area (Å²) in [5.74, 6) is 0.275. The second kappa shape index (κ2) is 7.33. The summed E-state index contributed by atoms with van der Waals surface area (Å²) in [6, 6.07) is 5.24. The van der Waals surface area contributed by atoms with Crippen LogP contribution in [0.15, 0.2) is 28.1 Å². The lowest BCUT2D eigenvalue weighted by Gasteiger charge is -2.23. The number of hydrogen-bond donors (Lipinski definition) is 1. The quantitative estimate of drug-likeness (QED) is 0.518. The first-order valence-corrected chi connectivity index (χ1v) is 9.82. The molecule has 0 unspecified atom stereocenters. The van der Waals surface area contributed by atoms with Crippen molar-refractivity contribution in [3.05, 3.63) is 18.2 Å². The molecule has 0 radical (unpaired) electrons. The zero-order valence-corrected chi connectivity index (χ0v) is 14.3. The standard InChI is InChI=1S/C15H22ClN3O2S/c1-22(20,21)14-7-6-12(10-13(14)18-15(17)11-16)19-8-4-2-3-5-9-19/h6-7,10H,2-5,8-9,11H2,1H3,(H2,17,18). The van der Waals surface area contributed by atoms with Crippen molar-refractivity contribution >= 4 is 38.6 Å². The normalized spacial score (nSPS) is 17.4. The summed E-state index contributed by atoms with van der Waals surface area (Å²) in [4.78, 5) is 6.63. The van der Waals surface area contributed by atoms with Crippen LogP contribution in [0, 0.1) is 0 Å². The van der Waals surface area contributed by atoms with Crippen LogP contribution in [0.1, 0.15) is 25.7 Å². The van der Waals surface area contributed by atoms with Gasteiger partial charge in [0, 0.05) is 25.0 Å². The lowest BCUT2D eigenvalue weighted by atomic mass is 10.2. The molecule has 0 atom stereocenters. The van der Waals surface area contributed by atoms with Gasteiger partial charge >= 0.3 is 0 Å². The second-order valence-electron chi connectivity index (χ2n) is 5.56. The van der Waals surface area contributed by atoms with Crippen LogP contribution in [0.4, 0.5) is 11.4 Å². The highest BCUT2D eigenvalue weighted by Gasteiger charge is 2.17. The summed E-state index contributed by atoms with van der Waals surface area (Å²) in [5, 5.41) is 0. The summed E-state index contributed by atoms with van der Waals surface area (Å²) in [5.41, 5.74) is 7.03. The molecule has 0 aromatic heterocycles. The summed E-state index contributed by atoms with van der Waals surface area (Å²) in [6.45, 7) is 1.96. The molecule has 1 aliphatic rings. The number of nitrogens with two attached hydrogens (primary N) is 1. The Kier molecular flexibility index (Phi) is 5.69. The molecule has 2 N–H and O–H groups in total. The van der Waals surface area contributed by atoms with Crippen LogP contribution in [-0.4, -0.2) is 39.5 Å². The predicted molar refractivity (Wildman–Crippen MR) is 92.2 cm³/mol. The summed E-state index contributed by atoms with van der Waals surface area (Å²) in [7, 11) is -3.37. The Labute approximate surface area is 137 Å². The number of nitrogens with zero attached hydrogens (tertiary/aromatic N) is 2. The van der Waals surface area contributed by atoms with Gasteiger partial charge in [-0.2, -0.15) is 0 Å². The topological polar surface area (TPSA) is 75.8 Å². The van der Waals surface area contributed by atoms with E-state index < -0.39 is 9.84 Å². The van der Waals surface area contributed by atoms with Crippen LogP contribution < -0.4 is 10.6 Å². The van der Waals surface area contributed by atoms with Crippen molar-refractivity contribution in [1.82, 2.24) is 0 Å². The van der Waals surface area contributed by atoms with E-state index in [2.05, 4.69) is 9.89 Å². The maximum absolute atomic E-state index is 11.9. The van der Waals surface area contributed by atoms with Gasteiger partial charge in [0.2, 0.25) is 0 Å². The average molecular weight is 344 g/mol. The van der Waals surface area contributed by atoms with Crippen molar-refractivity contribution in [3.8, 4) is 0 Å². The maximum Gasteiger partial charge on any atom is 0.177 e. The smallest absolute Gasteiger partial charge is 0.177 e. The molecule has 1 fully saturated rings. The molecule has 7 heteroatoms. The monoisotopic (exact) mass is 343 g/mol. The highest BCUT2D eigenvalue weighted by atomic mass is 35.5. The third-order valence-corrected chi connectivity index (χ3v) is 5.13. The third kappa shape index (κ3) is 4.36. The third-order valence-electron chi connectivity index (χ3n) is 3.71. The number of benzene rings is 1. The number of sulfone groups is 1. The lowest BCUT2D eigenvalue weighted by molar-refractivity contribution is 0.602. The molecule has 1 aliphatic heterocycles. The van der Waals surface area contributed by atoms with E-state index in [-0.39, 0.29) is 16.6 Å². The SMILES string of the molecule is CS(=O)(=O)c1ccc(N2CCCCCC2)cc1N=C(N)CCl.